The molecule has 4 rings (SSSR count). The number of allylic oxidation sites excluding steroid dienone is 1. The van der Waals surface area contributed by atoms with Gasteiger partial charge in [0.2, 0.25) is 0 Å². The van der Waals surface area contributed by atoms with E-state index < -0.39 is 0 Å². The van der Waals surface area contributed by atoms with E-state index in [1.165, 1.54) is 56.9 Å². The Morgan fingerprint density at radius 3 is 2.00 bits per heavy atom. The summed E-state index contributed by atoms with van der Waals surface area (Å²) >= 11 is 0. The fourth-order valence-corrected chi connectivity index (χ4v) is 8.28. The van der Waals surface area contributed by atoms with Crippen LogP contribution in [0.25, 0.3) is 0 Å². The van der Waals surface area contributed by atoms with Gasteiger partial charge in [0.05, 0.1) is 0 Å². The van der Waals surface area contributed by atoms with Crippen molar-refractivity contribution < 1.29 is 0 Å². The molecule has 0 bridgehead atoms. The monoisotopic (exact) mass is 374 g/mol. The summed E-state index contributed by atoms with van der Waals surface area (Å²) in [6.45, 7) is 22.5. The SMILES string of the molecule is C=C(C)C1CCC2C3CCC4CC(C)CCC4(C)C3CCC12C.CC.CC. The van der Waals surface area contributed by atoms with E-state index in [1.807, 2.05) is 27.7 Å². The highest BCUT2D eigenvalue weighted by Gasteiger charge is 2.59. The molecule has 4 aliphatic carbocycles. The quantitative estimate of drug-likeness (QED) is 0.402. The van der Waals surface area contributed by atoms with Crippen LogP contribution in [0, 0.1) is 46.3 Å². The van der Waals surface area contributed by atoms with Crippen molar-refractivity contribution in [2.75, 3.05) is 0 Å². The second kappa shape index (κ2) is 9.04. The minimum Gasteiger partial charge on any atom is -0.0998 e. The molecule has 0 heterocycles. The van der Waals surface area contributed by atoms with Crippen LogP contribution in [0.4, 0.5) is 0 Å². The first-order valence-corrected chi connectivity index (χ1v) is 12.5. The molecule has 4 aliphatic rings. The van der Waals surface area contributed by atoms with Crippen LogP contribution in [0.3, 0.4) is 0 Å². The van der Waals surface area contributed by atoms with Crippen LogP contribution in [0.5, 0.6) is 0 Å². The zero-order valence-corrected chi connectivity index (χ0v) is 20.0. The second-order valence-electron chi connectivity index (χ2n) is 10.6. The maximum absolute atomic E-state index is 4.36. The normalized spacial score (nSPS) is 47.9. The molecule has 0 heteroatoms. The zero-order chi connectivity index (χ0) is 20.4. The molecule has 0 spiro atoms. The van der Waals surface area contributed by atoms with Gasteiger partial charge in [-0.1, -0.05) is 67.0 Å². The van der Waals surface area contributed by atoms with Gasteiger partial charge < -0.3 is 0 Å². The van der Waals surface area contributed by atoms with Crippen LogP contribution in [0.2, 0.25) is 0 Å². The fraction of sp³-hybridized carbons (Fsp3) is 0.926. The minimum absolute atomic E-state index is 0.582. The van der Waals surface area contributed by atoms with Gasteiger partial charge in [-0.25, -0.2) is 0 Å². The van der Waals surface area contributed by atoms with Gasteiger partial charge in [0, 0.05) is 0 Å². The third kappa shape index (κ3) is 3.81. The van der Waals surface area contributed by atoms with Crippen molar-refractivity contribution >= 4 is 0 Å². The Kier molecular flexibility index (Phi) is 7.71. The van der Waals surface area contributed by atoms with Crippen molar-refractivity contribution in [2.24, 2.45) is 46.3 Å². The number of hydrogen-bond acceptors (Lipinski definition) is 0. The minimum atomic E-state index is 0.582. The van der Waals surface area contributed by atoms with Crippen LogP contribution in [-0.2, 0) is 0 Å². The van der Waals surface area contributed by atoms with E-state index in [2.05, 4.69) is 34.3 Å². The molecule has 0 aromatic carbocycles. The van der Waals surface area contributed by atoms with Crippen molar-refractivity contribution in [2.45, 2.75) is 113 Å². The van der Waals surface area contributed by atoms with Crippen molar-refractivity contribution in [3.05, 3.63) is 12.2 Å². The summed E-state index contributed by atoms with van der Waals surface area (Å²) in [6, 6.07) is 0. The summed E-state index contributed by atoms with van der Waals surface area (Å²) < 4.78 is 0. The van der Waals surface area contributed by atoms with Crippen molar-refractivity contribution in [3.8, 4) is 0 Å². The van der Waals surface area contributed by atoms with Gasteiger partial charge >= 0.3 is 0 Å². The zero-order valence-electron chi connectivity index (χ0n) is 20.0. The molecular formula is C27H50. The molecule has 0 radical (unpaired) electrons. The van der Waals surface area contributed by atoms with E-state index in [9.17, 15) is 0 Å². The van der Waals surface area contributed by atoms with Crippen LogP contribution in [-0.4, -0.2) is 0 Å². The standard InChI is InChI=1S/C23H38.2C2H6/c1-15(2)19-8-9-20-18-7-6-17-14-16(3)10-12-22(17,4)21(18)11-13-23(19,20)5;2*1-2/h16-21H,1,6-14H2,2-5H3;2*1-2H3. The lowest BCUT2D eigenvalue weighted by Gasteiger charge is -2.61. The van der Waals surface area contributed by atoms with E-state index in [0.29, 0.717) is 10.8 Å². The summed E-state index contributed by atoms with van der Waals surface area (Å²) in [6.07, 6.45) is 13.5. The first-order chi connectivity index (χ1) is 12.9. The molecule has 0 aliphatic heterocycles. The van der Waals surface area contributed by atoms with Gasteiger partial charge in [0.15, 0.2) is 0 Å². The lowest BCUT2D eigenvalue weighted by atomic mass is 9.44. The third-order valence-electron chi connectivity index (χ3n) is 9.52. The molecule has 0 aromatic rings. The van der Waals surface area contributed by atoms with Crippen molar-refractivity contribution in [1.82, 2.24) is 0 Å². The lowest BCUT2D eigenvalue weighted by molar-refractivity contribution is -0.114. The summed E-state index contributed by atoms with van der Waals surface area (Å²) in [5, 5.41) is 0. The number of rotatable bonds is 1. The molecule has 4 fully saturated rings. The summed E-state index contributed by atoms with van der Waals surface area (Å²) in [5.41, 5.74) is 2.73. The smallest absolute Gasteiger partial charge is 0.0152 e. The van der Waals surface area contributed by atoms with Gasteiger partial charge in [-0.15, -0.1) is 0 Å². The highest BCUT2D eigenvalue weighted by atomic mass is 14.6. The van der Waals surface area contributed by atoms with Crippen LogP contribution in [0.15, 0.2) is 12.2 Å². The van der Waals surface area contributed by atoms with E-state index >= 15 is 0 Å². The fourth-order valence-electron chi connectivity index (χ4n) is 8.28. The van der Waals surface area contributed by atoms with E-state index in [-0.39, 0.29) is 0 Å². The average molecular weight is 375 g/mol. The van der Waals surface area contributed by atoms with Crippen molar-refractivity contribution in [1.29, 1.82) is 0 Å². The molecule has 8 atom stereocenters. The number of hydrogen-bond donors (Lipinski definition) is 0. The van der Waals surface area contributed by atoms with E-state index in [0.717, 1.165) is 35.5 Å². The Morgan fingerprint density at radius 1 is 0.778 bits per heavy atom. The molecule has 0 nitrogen and oxygen atoms in total. The highest BCUT2D eigenvalue weighted by Crippen LogP contribution is 2.68. The Hall–Kier alpha value is -0.260. The van der Waals surface area contributed by atoms with Crippen molar-refractivity contribution in [3.63, 3.8) is 0 Å². The van der Waals surface area contributed by atoms with Gasteiger partial charge in [-0.05, 0) is 105 Å². The summed E-state index contributed by atoms with van der Waals surface area (Å²) in [4.78, 5) is 0. The predicted molar refractivity (Wildman–Crippen MR) is 122 cm³/mol. The first-order valence-electron chi connectivity index (χ1n) is 12.5. The van der Waals surface area contributed by atoms with Gasteiger partial charge in [0.25, 0.3) is 0 Å². The van der Waals surface area contributed by atoms with E-state index in [4.69, 9.17) is 0 Å². The van der Waals surface area contributed by atoms with Gasteiger partial charge in [0.1, 0.15) is 0 Å². The largest absolute Gasteiger partial charge is 0.0998 e. The molecule has 0 saturated heterocycles. The second-order valence-corrected chi connectivity index (χ2v) is 10.6. The summed E-state index contributed by atoms with van der Waals surface area (Å²) in [7, 11) is 0. The van der Waals surface area contributed by atoms with E-state index in [1.54, 1.807) is 6.42 Å². The maximum Gasteiger partial charge on any atom is -0.0152 e. The highest BCUT2D eigenvalue weighted by molar-refractivity contribution is 5.15. The van der Waals surface area contributed by atoms with Gasteiger partial charge in [-0.3, -0.25) is 0 Å². The molecule has 158 valence electrons. The molecular weight excluding hydrogens is 324 g/mol. The van der Waals surface area contributed by atoms with Crippen LogP contribution in [0.1, 0.15) is 113 Å². The Morgan fingerprint density at radius 2 is 1.37 bits per heavy atom. The Labute approximate surface area is 172 Å². The lowest BCUT2D eigenvalue weighted by Crippen LogP contribution is -2.53. The number of fused-ring (bicyclic) bond motifs is 5. The first kappa shape index (κ1) is 23.0. The Balaban J connectivity index is 0.000000614. The molecule has 4 saturated carbocycles. The predicted octanol–water partition coefficient (Wildman–Crippen LogP) is 8.91. The third-order valence-corrected chi connectivity index (χ3v) is 9.52. The maximum atomic E-state index is 4.36. The molecule has 8 unspecified atom stereocenters. The molecule has 27 heavy (non-hydrogen) atoms. The molecule has 0 N–H and O–H groups in total. The Bertz CT molecular complexity index is 490. The van der Waals surface area contributed by atoms with Crippen LogP contribution < -0.4 is 0 Å². The van der Waals surface area contributed by atoms with Gasteiger partial charge in [-0.2, -0.15) is 0 Å². The molecule has 0 amide bonds. The van der Waals surface area contributed by atoms with Crippen LogP contribution >= 0.6 is 0 Å². The average Bonchev–Trinajstić information content (AvgIpc) is 3.03. The summed E-state index contributed by atoms with van der Waals surface area (Å²) in [5.74, 6) is 5.90. The topological polar surface area (TPSA) is 0 Å². The molecule has 0 aromatic heterocycles.